The second kappa shape index (κ2) is 6.49. The molecule has 2 rings (SSSR count). The van der Waals surface area contributed by atoms with Gasteiger partial charge >= 0.3 is 5.97 Å². The molecule has 0 saturated carbocycles. The number of piperidine rings is 1. The van der Waals surface area contributed by atoms with E-state index in [0.717, 1.165) is 0 Å². The van der Waals surface area contributed by atoms with E-state index in [1.807, 2.05) is 6.92 Å². The Morgan fingerprint density at radius 2 is 2.13 bits per heavy atom. The van der Waals surface area contributed by atoms with Crippen molar-refractivity contribution in [3.05, 3.63) is 24.3 Å². The van der Waals surface area contributed by atoms with E-state index in [-0.39, 0.29) is 11.4 Å². The van der Waals surface area contributed by atoms with Gasteiger partial charge in [0.2, 0.25) is 10.0 Å². The Labute approximate surface area is 137 Å². The summed E-state index contributed by atoms with van der Waals surface area (Å²) in [6.45, 7) is 6.03. The fraction of sp³-hybridized carbons (Fsp3) is 0.562. The van der Waals surface area contributed by atoms with Crippen molar-refractivity contribution in [3.8, 4) is 5.75 Å². The topological polar surface area (TPSA) is 83.9 Å². The van der Waals surface area contributed by atoms with Gasteiger partial charge in [-0.25, -0.2) is 8.42 Å². The molecule has 1 unspecified atom stereocenters. The SMILES string of the molecule is CCOc1cccc(S(=O)(=O)N2CCC(C(=O)O)CC2(C)C)c1. The van der Waals surface area contributed by atoms with Crippen LogP contribution in [0.3, 0.4) is 0 Å². The lowest BCUT2D eigenvalue weighted by Crippen LogP contribution is -2.53. The fourth-order valence-corrected chi connectivity index (χ4v) is 4.90. The van der Waals surface area contributed by atoms with Crippen molar-refractivity contribution < 1.29 is 23.1 Å². The van der Waals surface area contributed by atoms with Crippen LogP contribution in [0.2, 0.25) is 0 Å². The molecule has 1 aliphatic rings. The number of rotatable bonds is 5. The summed E-state index contributed by atoms with van der Waals surface area (Å²) >= 11 is 0. The molecule has 0 aromatic heterocycles. The van der Waals surface area contributed by atoms with E-state index in [1.165, 1.54) is 16.4 Å². The number of sulfonamides is 1. The minimum atomic E-state index is -3.70. The second-order valence-electron chi connectivity index (χ2n) is 6.33. The summed E-state index contributed by atoms with van der Waals surface area (Å²) in [5, 5.41) is 9.19. The van der Waals surface area contributed by atoms with Crippen LogP contribution in [0.5, 0.6) is 5.75 Å². The summed E-state index contributed by atoms with van der Waals surface area (Å²) in [7, 11) is -3.70. The Kier molecular flexibility index (Phi) is 5.01. The van der Waals surface area contributed by atoms with E-state index in [0.29, 0.717) is 25.2 Å². The Bertz CT molecular complexity index is 683. The molecule has 0 aliphatic carbocycles. The van der Waals surface area contributed by atoms with Crippen LogP contribution in [-0.4, -0.2) is 42.5 Å². The van der Waals surface area contributed by atoms with E-state index in [9.17, 15) is 18.3 Å². The molecule has 6 nitrogen and oxygen atoms in total. The number of carboxylic acids is 1. The van der Waals surface area contributed by atoms with Crippen LogP contribution >= 0.6 is 0 Å². The van der Waals surface area contributed by atoms with E-state index in [1.54, 1.807) is 26.0 Å². The molecule has 0 amide bonds. The molecule has 0 bridgehead atoms. The van der Waals surface area contributed by atoms with Crippen LogP contribution in [-0.2, 0) is 14.8 Å². The van der Waals surface area contributed by atoms with Crippen LogP contribution in [0.1, 0.15) is 33.6 Å². The molecule has 1 aromatic rings. The number of carbonyl (C=O) groups is 1. The van der Waals surface area contributed by atoms with Gasteiger partial charge < -0.3 is 9.84 Å². The average Bonchev–Trinajstić information content (AvgIpc) is 2.46. The van der Waals surface area contributed by atoms with Gasteiger partial charge in [0.1, 0.15) is 5.75 Å². The lowest BCUT2D eigenvalue weighted by Gasteiger charge is -2.43. The zero-order valence-corrected chi connectivity index (χ0v) is 14.5. The molecule has 1 atom stereocenters. The first-order valence-electron chi connectivity index (χ1n) is 7.67. The number of benzene rings is 1. The zero-order chi connectivity index (χ0) is 17.3. The van der Waals surface area contributed by atoms with Crippen LogP contribution < -0.4 is 4.74 Å². The second-order valence-corrected chi connectivity index (χ2v) is 8.19. The fourth-order valence-electron chi connectivity index (χ4n) is 3.06. The third kappa shape index (κ3) is 3.67. The van der Waals surface area contributed by atoms with Crippen LogP contribution in [0.25, 0.3) is 0 Å². The van der Waals surface area contributed by atoms with Crippen molar-refractivity contribution in [1.82, 2.24) is 4.31 Å². The summed E-state index contributed by atoms with van der Waals surface area (Å²) in [5.41, 5.74) is -0.748. The summed E-state index contributed by atoms with van der Waals surface area (Å²) in [4.78, 5) is 11.4. The van der Waals surface area contributed by atoms with Crippen molar-refractivity contribution in [1.29, 1.82) is 0 Å². The zero-order valence-electron chi connectivity index (χ0n) is 13.7. The Morgan fingerprint density at radius 1 is 1.43 bits per heavy atom. The maximum atomic E-state index is 13.0. The van der Waals surface area contributed by atoms with Crippen molar-refractivity contribution in [2.45, 2.75) is 44.0 Å². The summed E-state index contributed by atoms with van der Waals surface area (Å²) in [5.74, 6) is -0.869. The van der Waals surface area contributed by atoms with Gasteiger partial charge in [0.25, 0.3) is 0 Å². The van der Waals surface area contributed by atoms with E-state index < -0.39 is 27.4 Å². The number of ether oxygens (including phenoxy) is 1. The Balaban J connectivity index is 2.32. The number of hydrogen-bond donors (Lipinski definition) is 1. The van der Waals surface area contributed by atoms with Crippen molar-refractivity contribution in [2.75, 3.05) is 13.2 Å². The average molecular weight is 341 g/mol. The monoisotopic (exact) mass is 341 g/mol. The van der Waals surface area contributed by atoms with Gasteiger partial charge in [-0.1, -0.05) is 6.07 Å². The molecule has 0 radical (unpaired) electrons. The molecule has 23 heavy (non-hydrogen) atoms. The third-order valence-electron chi connectivity index (χ3n) is 4.16. The highest BCUT2D eigenvalue weighted by Gasteiger charge is 2.44. The lowest BCUT2D eigenvalue weighted by molar-refractivity contribution is -0.144. The van der Waals surface area contributed by atoms with Gasteiger partial charge in [0.15, 0.2) is 0 Å². The first-order chi connectivity index (χ1) is 10.7. The molecule has 1 fully saturated rings. The van der Waals surface area contributed by atoms with Gasteiger partial charge in [-0.15, -0.1) is 0 Å². The quantitative estimate of drug-likeness (QED) is 0.889. The molecule has 1 aliphatic heterocycles. The van der Waals surface area contributed by atoms with E-state index in [2.05, 4.69) is 0 Å². The highest BCUT2D eigenvalue weighted by molar-refractivity contribution is 7.89. The highest BCUT2D eigenvalue weighted by Crippen LogP contribution is 2.36. The highest BCUT2D eigenvalue weighted by atomic mass is 32.2. The Hall–Kier alpha value is -1.60. The first-order valence-corrected chi connectivity index (χ1v) is 9.11. The van der Waals surface area contributed by atoms with Crippen molar-refractivity contribution >= 4 is 16.0 Å². The predicted molar refractivity (Wildman–Crippen MR) is 85.9 cm³/mol. The minimum Gasteiger partial charge on any atom is -0.494 e. The van der Waals surface area contributed by atoms with Crippen molar-refractivity contribution in [3.63, 3.8) is 0 Å². The molecule has 128 valence electrons. The van der Waals surface area contributed by atoms with Gasteiger partial charge in [0.05, 0.1) is 17.4 Å². The normalized spacial score (nSPS) is 21.8. The standard InChI is InChI=1S/C16H23NO5S/c1-4-22-13-6-5-7-14(10-13)23(20,21)17-9-8-12(15(18)19)11-16(17,2)3/h5-7,10,12H,4,8-9,11H2,1-3H3,(H,18,19). The maximum Gasteiger partial charge on any atom is 0.306 e. The van der Waals surface area contributed by atoms with Crippen LogP contribution in [0, 0.1) is 5.92 Å². The van der Waals surface area contributed by atoms with Gasteiger partial charge in [-0.3, -0.25) is 4.79 Å². The predicted octanol–water partition coefficient (Wildman–Crippen LogP) is 2.35. The molecule has 1 heterocycles. The number of aliphatic carboxylic acids is 1. The van der Waals surface area contributed by atoms with Gasteiger partial charge in [-0.05, 0) is 45.7 Å². The maximum absolute atomic E-state index is 13.0. The molecule has 7 heteroatoms. The summed E-state index contributed by atoms with van der Waals surface area (Å²) < 4.78 is 32.7. The molecule has 1 aromatic carbocycles. The summed E-state index contributed by atoms with van der Waals surface area (Å²) in [6, 6.07) is 6.41. The van der Waals surface area contributed by atoms with Crippen LogP contribution in [0.15, 0.2) is 29.2 Å². The van der Waals surface area contributed by atoms with Crippen LogP contribution in [0.4, 0.5) is 0 Å². The number of hydrogen-bond acceptors (Lipinski definition) is 4. The minimum absolute atomic E-state index is 0.172. The first kappa shape index (κ1) is 17.7. The van der Waals surface area contributed by atoms with E-state index >= 15 is 0 Å². The van der Waals surface area contributed by atoms with Gasteiger partial charge in [0, 0.05) is 18.2 Å². The molecular weight excluding hydrogens is 318 g/mol. The third-order valence-corrected chi connectivity index (χ3v) is 6.26. The van der Waals surface area contributed by atoms with Gasteiger partial charge in [-0.2, -0.15) is 4.31 Å². The molecule has 1 N–H and O–H groups in total. The molecule has 1 saturated heterocycles. The Morgan fingerprint density at radius 3 is 2.70 bits per heavy atom. The smallest absolute Gasteiger partial charge is 0.306 e. The van der Waals surface area contributed by atoms with Crippen molar-refractivity contribution in [2.24, 2.45) is 5.92 Å². The number of carboxylic acid groups (broad SMARTS) is 1. The summed E-state index contributed by atoms with van der Waals surface area (Å²) in [6.07, 6.45) is 0.621. The molecular formula is C16H23NO5S. The largest absolute Gasteiger partial charge is 0.494 e. The lowest BCUT2D eigenvalue weighted by atomic mass is 9.85. The van der Waals surface area contributed by atoms with E-state index in [4.69, 9.17) is 4.74 Å². The molecule has 0 spiro atoms. The number of nitrogens with zero attached hydrogens (tertiary/aromatic N) is 1.